The van der Waals surface area contributed by atoms with Crippen LogP contribution in [0.3, 0.4) is 0 Å². The largest absolute Gasteiger partial charge is 0.451 e. The first-order valence-electron chi connectivity index (χ1n) is 11.4. The molecule has 2 aliphatic heterocycles. The zero-order valence-electron chi connectivity index (χ0n) is 19.8. The molecule has 0 N–H and O–H groups in total. The summed E-state index contributed by atoms with van der Waals surface area (Å²) in [5, 5.41) is 0. The van der Waals surface area contributed by atoms with E-state index in [4.69, 9.17) is 9.47 Å². The summed E-state index contributed by atoms with van der Waals surface area (Å²) in [4.78, 5) is 65.4. The number of carbonyl (C=O) groups excluding carboxylic acids is 5. The molecule has 0 radical (unpaired) electrons. The van der Waals surface area contributed by atoms with E-state index in [2.05, 4.69) is 0 Å². The number of benzene rings is 2. The summed E-state index contributed by atoms with van der Waals surface area (Å²) in [5.41, 5.74) is 2.50. The Hall–Kier alpha value is -3.85. The molecule has 2 aliphatic rings. The second kappa shape index (κ2) is 9.79. The molecule has 3 amide bonds. The van der Waals surface area contributed by atoms with Crippen molar-refractivity contribution < 1.29 is 33.4 Å². The van der Waals surface area contributed by atoms with Crippen molar-refractivity contribution in [3.63, 3.8) is 0 Å². The van der Waals surface area contributed by atoms with Crippen molar-refractivity contribution >= 4 is 35.2 Å². The maximum atomic E-state index is 12.9. The summed E-state index contributed by atoms with van der Waals surface area (Å²) in [7, 11) is 1.54. The van der Waals surface area contributed by atoms with Crippen LogP contribution in [0.5, 0.6) is 0 Å². The third kappa shape index (κ3) is 4.59. The topological polar surface area (TPSA) is 110 Å². The number of nitrogens with zero attached hydrogens (tertiary/aromatic N) is 2. The number of Topliss-reactive ketones (excluding diaryl/α,β-unsaturated/α-hetero) is 1. The van der Waals surface area contributed by atoms with Gasteiger partial charge in [-0.3, -0.25) is 24.1 Å². The Morgan fingerprint density at radius 3 is 2.43 bits per heavy atom. The smallest absolute Gasteiger partial charge is 0.338 e. The number of carbonyl (C=O) groups is 5. The summed E-state index contributed by atoms with van der Waals surface area (Å²) in [6, 6.07) is 9.24. The second-order valence-electron chi connectivity index (χ2n) is 8.54. The average molecular weight is 479 g/mol. The number of amides is 3. The first-order valence-corrected chi connectivity index (χ1v) is 11.4. The number of rotatable bonds is 8. The van der Waals surface area contributed by atoms with E-state index >= 15 is 0 Å². The molecule has 35 heavy (non-hydrogen) atoms. The number of ether oxygens (including phenoxy) is 2. The van der Waals surface area contributed by atoms with Crippen LogP contribution in [0.2, 0.25) is 0 Å². The van der Waals surface area contributed by atoms with Crippen molar-refractivity contribution in [2.45, 2.75) is 32.8 Å². The molecule has 1 atom stereocenters. The quantitative estimate of drug-likeness (QED) is 0.248. The van der Waals surface area contributed by atoms with Crippen LogP contribution >= 0.6 is 0 Å². The molecule has 9 nitrogen and oxygen atoms in total. The molecule has 0 aliphatic carbocycles. The van der Waals surface area contributed by atoms with E-state index < -0.39 is 23.9 Å². The first kappa shape index (κ1) is 24.3. The molecule has 0 unspecified atom stereocenters. The van der Waals surface area contributed by atoms with E-state index in [0.717, 1.165) is 16.2 Å². The lowest BCUT2D eigenvalue weighted by molar-refractivity contribution is -0.116. The van der Waals surface area contributed by atoms with Gasteiger partial charge in [0.1, 0.15) is 0 Å². The van der Waals surface area contributed by atoms with Crippen LogP contribution < -0.4 is 4.90 Å². The van der Waals surface area contributed by atoms with E-state index in [-0.39, 0.29) is 34.9 Å². The molecular weight excluding hydrogens is 452 g/mol. The van der Waals surface area contributed by atoms with Crippen LogP contribution in [-0.4, -0.2) is 67.3 Å². The fourth-order valence-electron chi connectivity index (χ4n) is 4.39. The molecule has 182 valence electrons. The number of imide groups is 1. The highest BCUT2D eigenvalue weighted by Crippen LogP contribution is 2.30. The van der Waals surface area contributed by atoms with E-state index in [1.165, 1.54) is 32.0 Å². The van der Waals surface area contributed by atoms with Gasteiger partial charge >= 0.3 is 5.97 Å². The van der Waals surface area contributed by atoms with Crippen molar-refractivity contribution in [1.82, 2.24) is 4.90 Å². The van der Waals surface area contributed by atoms with Crippen molar-refractivity contribution in [2.24, 2.45) is 0 Å². The van der Waals surface area contributed by atoms with Gasteiger partial charge in [0.05, 0.1) is 16.7 Å². The molecule has 2 heterocycles. The van der Waals surface area contributed by atoms with Gasteiger partial charge in [-0.2, -0.15) is 0 Å². The molecule has 0 spiro atoms. The number of ketones is 1. The highest BCUT2D eigenvalue weighted by Gasteiger charge is 2.36. The second-order valence-corrected chi connectivity index (χ2v) is 8.54. The summed E-state index contributed by atoms with van der Waals surface area (Å²) < 4.78 is 10.4. The molecule has 9 heteroatoms. The van der Waals surface area contributed by atoms with Gasteiger partial charge in [-0.15, -0.1) is 0 Å². The lowest BCUT2D eigenvalue weighted by Gasteiger charge is -2.16. The van der Waals surface area contributed by atoms with Crippen LogP contribution in [0, 0.1) is 0 Å². The van der Waals surface area contributed by atoms with Gasteiger partial charge in [0.15, 0.2) is 6.10 Å². The SMILES string of the molecule is COCCCN1C(=O)c2ccc(C(=O)O[C@@H](C)C(=O)c3ccc4c(c3)CCN4C(C)=O)cc2C1=O. The Morgan fingerprint density at radius 1 is 1.00 bits per heavy atom. The highest BCUT2D eigenvalue weighted by atomic mass is 16.5. The summed E-state index contributed by atoms with van der Waals surface area (Å²) >= 11 is 0. The van der Waals surface area contributed by atoms with E-state index in [1.807, 2.05) is 0 Å². The highest BCUT2D eigenvalue weighted by molar-refractivity contribution is 6.22. The van der Waals surface area contributed by atoms with Gasteiger partial charge in [-0.25, -0.2) is 4.79 Å². The monoisotopic (exact) mass is 478 g/mol. The Morgan fingerprint density at radius 2 is 1.71 bits per heavy atom. The Bertz CT molecular complexity index is 1240. The average Bonchev–Trinajstić information content (AvgIpc) is 3.37. The zero-order chi connectivity index (χ0) is 25.3. The number of hydrogen-bond donors (Lipinski definition) is 0. The fourth-order valence-corrected chi connectivity index (χ4v) is 4.39. The number of hydrogen-bond acceptors (Lipinski definition) is 7. The molecule has 0 saturated heterocycles. The molecule has 0 saturated carbocycles. The van der Waals surface area contributed by atoms with E-state index in [9.17, 15) is 24.0 Å². The fraction of sp³-hybridized carbons (Fsp3) is 0.346. The molecular formula is C26H26N2O7. The van der Waals surface area contributed by atoms with Gasteiger partial charge in [-0.1, -0.05) is 0 Å². The predicted molar refractivity (Wildman–Crippen MR) is 126 cm³/mol. The standard InChI is InChI=1S/C26H26N2O7/c1-15(23(30)18-6-8-22-17(13-18)9-11-27(22)16(2)29)35-26(33)19-5-7-20-21(14-19)25(32)28(24(20)31)10-4-12-34-3/h5-8,13-15H,4,9-12H2,1-3H3/t15-/m0/s1. The van der Waals surface area contributed by atoms with E-state index in [1.54, 1.807) is 30.2 Å². The molecule has 0 bridgehead atoms. The molecule has 0 aromatic heterocycles. The molecule has 2 aromatic carbocycles. The summed E-state index contributed by atoms with van der Waals surface area (Å²) in [5.74, 6) is -2.09. The number of esters is 1. The predicted octanol–water partition coefficient (Wildman–Crippen LogP) is 2.66. The minimum Gasteiger partial charge on any atom is -0.451 e. The maximum absolute atomic E-state index is 12.9. The Balaban J connectivity index is 1.45. The van der Waals surface area contributed by atoms with Crippen LogP contribution in [0.25, 0.3) is 0 Å². The van der Waals surface area contributed by atoms with Crippen molar-refractivity contribution in [3.8, 4) is 0 Å². The number of anilines is 1. The van der Waals surface area contributed by atoms with Crippen LogP contribution in [0.15, 0.2) is 36.4 Å². The van der Waals surface area contributed by atoms with Crippen LogP contribution in [0.1, 0.15) is 67.3 Å². The van der Waals surface area contributed by atoms with E-state index in [0.29, 0.717) is 31.6 Å². The van der Waals surface area contributed by atoms with Gasteiger partial charge in [0, 0.05) is 45.0 Å². The number of methoxy groups -OCH3 is 1. The Labute approximate surface area is 202 Å². The lowest BCUT2D eigenvalue weighted by Crippen LogP contribution is -2.31. The molecule has 4 rings (SSSR count). The van der Waals surface area contributed by atoms with Gasteiger partial charge < -0.3 is 14.4 Å². The van der Waals surface area contributed by atoms with Crippen molar-refractivity contribution in [3.05, 3.63) is 64.2 Å². The normalized spacial score (nSPS) is 15.2. The van der Waals surface area contributed by atoms with Gasteiger partial charge in [0.25, 0.3) is 11.8 Å². The molecule has 2 aromatic rings. The maximum Gasteiger partial charge on any atom is 0.338 e. The van der Waals surface area contributed by atoms with Gasteiger partial charge in [0.2, 0.25) is 11.7 Å². The Kier molecular flexibility index (Phi) is 6.79. The number of fused-ring (bicyclic) bond motifs is 2. The first-order chi connectivity index (χ1) is 16.7. The zero-order valence-corrected chi connectivity index (χ0v) is 19.8. The third-order valence-electron chi connectivity index (χ3n) is 6.23. The van der Waals surface area contributed by atoms with Crippen molar-refractivity contribution in [2.75, 3.05) is 31.7 Å². The minimum atomic E-state index is -1.07. The van der Waals surface area contributed by atoms with Crippen molar-refractivity contribution in [1.29, 1.82) is 0 Å². The molecule has 0 fully saturated rings. The minimum absolute atomic E-state index is 0.0576. The van der Waals surface area contributed by atoms with Gasteiger partial charge in [-0.05, 0) is 61.7 Å². The lowest BCUT2D eigenvalue weighted by atomic mass is 10.0. The van der Waals surface area contributed by atoms with Crippen LogP contribution in [-0.2, 0) is 20.7 Å². The van der Waals surface area contributed by atoms with Crippen LogP contribution in [0.4, 0.5) is 5.69 Å². The summed E-state index contributed by atoms with van der Waals surface area (Å²) in [6.45, 7) is 4.18. The summed E-state index contributed by atoms with van der Waals surface area (Å²) in [6.07, 6.45) is 0.0857. The third-order valence-corrected chi connectivity index (χ3v) is 6.23.